The van der Waals surface area contributed by atoms with E-state index in [1.165, 1.54) is 248 Å². The van der Waals surface area contributed by atoms with Crippen LogP contribution in [0, 0.1) is 0 Å². The summed E-state index contributed by atoms with van der Waals surface area (Å²) in [6, 6.07) is 19.3. The molecule has 0 fully saturated rings. The summed E-state index contributed by atoms with van der Waals surface area (Å²) >= 11 is 0. The van der Waals surface area contributed by atoms with Crippen LogP contribution in [0.5, 0.6) is 0 Å². The molecule has 0 atom stereocenters. The molecule has 0 saturated carbocycles. The van der Waals surface area contributed by atoms with Gasteiger partial charge in [-0.2, -0.15) is 0 Å². The Hall–Kier alpha value is -5.84. The van der Waals surface area contributed by atoms with Gasteiger partial charge in [0.15, 0.2) is 23.3 Å². The van der Waals surface area contributed by atoms with Gasteiger partial charge in [-0.3, -0.25) is 0 Å². The van der Waals surface area contributed by atoms with Crippen molar-refractivity contribution in [1.82, 2.24) is 39.9 Å². The van der Waals surface area contributed by atoms with Crippen molar-refractivity contribution in [3.63, 3.8) is 0 Å². The van der Waals surface area contributed by atoms with E-state index in [2.05, 4.69) is 100 Å². The van der Waals surface area contributed by atoms with E-state index < -0.39 is 0 Å². The van der Waals surface area contributed by atoms with Crippen LogP contribution in [0.15, 0.2) is 48.5 Å². The Labute approximate surface area is 592 Å². The van der Waals surface area contributed by atoms with E-state index >= 15 is 0 Å². The molecule has 0 amide bonds. The zero-order valence-corrected chi connectivity index (χ0v) is 62.6. The molecular weight excluding hydrogens is 1200 g/mol. The quantitative estimate of drug-likeness (QED) is 0.0275. The number of aromatic amines is 2. The predicted molar refractivity (Wildman–Crippen MR) is 419 cm³/mol. The number of H-pyrrole nitrogens is 2. The van der Waals surface area contributed by atoms with Crippen LogP contribution in [0.2, 0.25) is 0 Å². The summed E-state index contributed by atoms with van der Waals surface area (Å²) in [5.74, 6) is 2.86. The van der Waals surface area contributed by atoms with Crippen molar-refractivity contribution >= 4 is 44.1 Å². The highest BCUT2D eigenvalue weighted by Gasteiger charge is 2.30. The number of nitrogens with one attached hydrogen (secondary N) is 2. The number of hydrogen-bond donors (Lipinski definition) is 4. The van der Waals surface area contributed by atoms with Crippen LogP contribution in [-0.2, 0) is 51.4 Å². The molecule has 8 bridgehead atoms. The Morgan fingerprint density at radius 3 is 0.592 bits per heavy atom. The zero-order valence-electron chi connectivity index (χ0n) is 62.6. The highest BCUT2D eigenvalue weighted by molar-refractivity contribution is 6.10. The molecule has 4 N–H and O–H groups in total. The van der Waals surface area contributed by atoms with E-state index in [4.69, 9.17) is 29.9 Å². The fourth-order valence-electron chi connectivity index (χ4n) is 15.9. The van der Waals surface area contributed by atoms with Crippen LogP contribution in [-0.4, -0.2) is 63.3 Å². The third-order valence-electron chi connectivity index (χ3n) is 21.6. The van der Waals surface area contributed by atoms with Gasteiger partial charge < -0.3 is 20.2 Å². The molecule has 2 aliphatic heterocycles. The summed E-state index contributed by atoms with van der Waals surface area (Å²) < 4.78 is 0. The minimum Gasteiger partial charge on any atom is -0.396 e. The highest BCUT2D eigenvalue weighted by Crippen LogP contribution is 2.45. The van der Waals surface area contributed by atoms with Gasteiger partial charge in [-0.25, -0.2) is 29.9 Å². The smallest absolute Gasteiger partial charge is 0.165 e. The lowest BCUT2D eigenvalue weighted by Crippen LogP contribution is -1.99. The Bertz CT molecular complexity index is 3470. The molecule has 0 saturated heterocycles. The molecule has 10 nitrogen and oxygen atoms in total. The first-order chi connectivity index (χ1) is 48.4. The van der Waals surface area contributed by atoms with Gasteiger partial charge in [0.1, 0.15) is 22.6 Å². The van der Waals surface area contributed by atoms with Crippen LogP contribution >= 0.6 is 0 Å². The number of hydrogen-bond acceptors (Lipinski definition) is 8. The number of rotatable bonds is 50. The monoisotopic (exact) mass is 1330 g/mol. The van der Waals surface area contributed by atoms with Gasteiger partial charge in [-0.15, -0.1) is 0 Å². The summed E-state index contributed by atoms with van der Waals surface area (Å²) in [7, 11) is 0. The van der Waals surface area contributed by atoms with Gasteiger partial charge in [0.25, 0.3) is 0 Å². The second kappa shape index (κ2) is 42.4. The number of unbranched alkanes of at least 4 members (excludes halogenated alkanes) is 32. The lowest BCUT2D eigenvalue weighted by atomic mass is 9.91. The number of benzene rings is 4. The summed E-state index contributed by atoms with van der Waals surface area (Å²) in [6.45, 7) is 14.2. The summed E-state index contributed by atoms with van der Waals surface area (Å²) in [4.78, 5) is 43.9. The maximum absolute atomic E-state index is 10.3. The molecule has 5 heterocycles. The molecule has 2 aliphatic rings. The van der Waals surface area contributed by atoms with Crippen molar-refractivity contribution in [2.24, 2.45) is 0 Å². The van der Waals surface area contributed by atoms with Gasteiger partial charge in [-0.05, 0) is 160 Å². The Morgan fingerprint density at radius 1 is 0.214 bits per heavy atom. The first kappa shape index (κ1) is 76.3. The van der Waals surface area contributed by atoms with Crippen molar-refractivity contribution in [3.8, 4) is 45.6 Å². The van der Waals surface area contributed by atoms with Crippen LogP contribution in [0.3, 0.4) is 0 Å². The Morgan fingerprint density at radius 2 is 0.388 bits per heavy atom. The first-order valence-electron chi connectivity index (χ1n) is 41.0. The number of aryl methyl sites for hydroxylation is 8. The summed E-state index contributed by atoms with van der Waals surface area (Å²) in [6.07, 6.45) is 54.6. The molecule has 0 unspecified atom stereocenters. The fourth-order valence-corrected chi connectivity index (χ4v) is 15.9. The second-order valence-electron chi connectivity index (χ2n) is 29.6. The predicted octanol–water partition coefficient (Wildman–Crippen LogP) is 24.9. The highest BCUT2D eigenvalue weighted by atomic mass is 16.3. The van der Waals surface area contributed by atoms with E-state index in [0.29, 0.717) is 24.5 Å². The first-order valence-corrected chi connectivity index (χ1v) is 41.0. The topological polar surface area (TPSA) is 149 Å². The average Bonchev–Trinajstić information content (AvgIpc) is 1.58. The lowest BCUT2D eigenvalue weighted by Gasteiger charge is -2.13. The Balaban J connectivity index is 1.43. The summed E-state index contributed by atoms with van der Waals surface area (Å²) in [5.41, 5.74) is 17.9. The molecule has 0 spiro atoms. The maximum atomic E-state index is 10.3. The van der Waals surface area contributed by atoms with Crippen molar-refractivity contribution in [2.45, 2.75) is 350 Å². The average molecular weight is 1330 g/mol. The van der Waals surface area contributed by atoms with E-state index in [1.54, 1.807) is 0 Å². The number of nitrogens with zero attached hydrogens (tertiary/aromatic N) is 6. The van der Waals surface area contributed by atoms with E-state index in [1.807, 2.05) is 0 Å². The molecule has 7 aromatic rings. The van der Waals surface area contributed by atoms with E-state index in [9.17, 15) is 10.2 Å². The van der Waals surface area contributed by atoms with Crippen molar-refractivity contribution in [3.05, 3.63) is 93.0 Å². The van der Waals surface area contributed by atoms with Gasteiger partial charge in [-0.1, -0.05) is 283 Å². The molecule has 534 valence electrons. The number of aliphatic hydroxyl groups is 2. The number of fused-ring (bicyclic) bond motifs is 20. The van der Waals surface area contributed by atoms with Crippen LogP contribution in [0.4, 0.5) is 0 Å². The maximum Gasteiger partial charge on any atom is 0.165 e. The number of aromatic nitrogens is 8. The van der Waals surface area contributed by atoms with Crippen LogP contribution in [0.25, 0.3) is 89.7 Å². The van der Waals surface area contributed by atoms with Crippen molar-refractivity contribution < 1.29 is 10.2 Å². The van der Waals surface area contributed by atoms with Crippen molar-refractivity contribution in [1.29, 1.82) is 0 Å². The third-order valence-corrected chi connectivity index (χ3v) is 21.6. The second-order valence-corrected chi connectivity index (χ2v) is 29.6. The lowest BCUT2D eigenvalue weighted by molar-refractivity contribution is 0.284. The largest absolute Gasteiger partial charge is 0.396 e. The minimum atomic E-state index is 0.147. The van der Waals surface area contributed by atoms with Crippen LogP contribution in [0.1, 0.15) is 343 Å². The number of aliphatic hydroxyl groups excluding tert-OH is 2. The van der Waals surface area contributed by atoms with Gasteiger partial charge >= 0.3 is 0 Å². The van der Waals surface area contributed by atoms with E-state index in [-0.39, 0.29) is 13.2 Å². The van der Waals surface area contributed by atoms with E-state index in [0.717, 1.165) is 170 Å². The summed E-state index contributed by atoms with van der Waals surface area (Å²) in [5, 5.41) is 25.2. The third kappa shape index (κ3) is 21.1. The van der Waals surface area contributed by atoms with Gasteiger partial charge in [0.2, 0.25) is 0 Å². The van der Waals surface area contributed by atoms with Gasteiger partial charge in [0.05, 0.1) is 0 Å². The molecule has 98 heavy (non-hydrogen) atoms. The molecular formula is C88H130N8O2. The molecule has 3 aromatic heterocycles. The zero-order chi connectivity index (χ0) is 68.5. The molecule has 9 rings (SSSR count). The van der Waals surface area contributed by atoms with Crippen LogP contribution < -0.4 is 0 Å². The molecule has 10 heteroatoms. The van der Waals surface area contributed by atoms with Gasteiger partial charge in [0, 0.05) is 57.0 Å². The van der Waals surface area contributed by atoms with Crippen molar-refractivity contribution in [2.75, 3.05) is 13.2 Å². The molecule has 0 radical (unpaired) electrons. The minimum absolute atomic E-state index is 0.147. The molecule has 0 aliphatic carbocycles. The SMILES string of the molecule is CCCCCCCCc1ccc(CCCCCCCC)c2c1-c1nc-2nc2[nH]c(nc3nc(nc4[nH]c(n1)c1c(CCCCCCCC)ccc(CCCCCCCC)c41)-c1c(CCCCO)ccc(CCCCO)c1-3)c1c(CCCCCCCC)ccc(CCCCCCCC)c21. The normalized spacial score (nSPS) is 12.1. The molecule has 4 aromatic carbocycles. The Kier molecular flexibility index (Phi) is 33.0. The fraction of sp³-hybridized carbons (Fsp3) is 0.636. The standard InChI is InChI=1S/C88H130N8O2/c1-7-13-19-25-31-37-47-65-55-56-66(48-38-32-26-20-14-8-2)74-73(65)81-89-82(74)91-84-76-68(50-40-34-28-22-16-10-4)58-60-70(52-42-36-30-24-18-12-6)78(76)86(93-84)95-88-80-72(54-44-46-64-98)62-61-71(53-43-45-63-97)79(80)87(96-88)94-85-77-69(51-41-35-29-23-17-11-5)59-57-67(75(77)83(90-81)92-85)49-39-33-27-21-15-9-3/h55-62,97-98H,7-54,63-64H2,1-6H3,(H2,89,90,91,92,93,94,95,96).